The average molecular weight is 242 g/mol. The van der Waals surface area contributed by atoms with Crippen molar-refractivity contribution in [3.8, 4) is 0 Å². The molecule has 0 amide bonds. The fourth-order valence-electron chi connectivity index (χ4n) is 2.21. The van der Waals surface area contributed by atoms with Crippen molar-refractivity contribution in [1.29, 1.82) is 0 Å². The van der Waals surface area contributed by atoms with Crippen molar-refractivity contribution < 1.29 is 0 Å². The van der Waals surface area contributed by atoms with Crippen molar-refractivity contribution in [2.45, 2.75) is 13.3 Å². The Morgan fingerprint density at radius 3 is 2.50 bits per heavy atom. The van der Waals surface area contributed by atoms with Gasteiger partial charge in [-0.15, -0.1) is 0 Å². The van der Waals surface area contributed by atoms with Crippen molar-refractivity contribution in [2.75, 3.05) is 26.2 Å². The molecular formula is C16H22N2. The molecule has 0 bridgehead atoms. The third kappa shape index (κ3) is 3.56. The summed E-state index contributed by atoms with van der Waals surface area (Å²) in [4.78, 5) is 0. The molecule has 0 spiro atoms. The molecule has 0 saturated carbocycles. The number of likely N-dealkylation sites (N-methyl/N-ethyl adjacent to an activating group) is 1. The first-order chi connectivity index (χ1) is 8.92. The van der Waals surface area contributed by atoms with Crippen molar-refractivity contribution >= 4 is 10.8 Å². The molecular weight excluding hydrogens is 220 g/mol. The summed E-state index contributed by atoms with van der Waals surface area (Å²) in [5.41, 5.74) is 1.43. The first-order valence-electron chi connectivity index (χ1n) is 6.80. The lowest BCUT2D eigenvalue weighted by atomic mass is 10.0. The highest BCUT2D eigenvalue weighted by Crippen LogP contribution is 2.18. The zero-order valence-corrected chi connectivity index (χ0v) is 11.1. The van der Waals surface area contributed by atoms with Crippen LogP contribution in [0.15, 0.2) is 42.5 Å². The van der Waals surface area contributed by atoms with Crippen molar-refractivity contribution in [1.82, 2.24) is 10.6 Å². The van der Waals surface area contributed by atoms with Crippen LogP contribution in [0.1, 0.15) is 12.5 Å². The van der Waals surface area contributed by atoms with Crippen LogP contribution < -0.4 is 10.6 Å². The zero-order chi connectivity index (χ0) is 12.6. The van der Waals surface area contributed by atoms with E-state index in [1.807, 2.05) is 0 Å². The van der Waals surface area contributed by atoms with Gasteiger partial charge in [0, 0.05) is 13.1 Å². The molecule has 0 aliphatic carbocycles. The Morgan fingerprint density at radius 1 is 0.833 bits per heavy atom. The minimum absolute atomic E-state index is 1.04. The van der Waals surface area contributed by atoms with Crippen LogP contribution in [0.2, 0.25) is 0 Å². The predicted molar refractivity (Wildman–Crippen MR) is 79.1 cm³/mol. The molecule has 2 aromatic rings. The second-order valence-electron chi connectivity index (χ2n) is 4.49. The minimum Gasteiger partial charge on any atom is -0.316 e. The number of hydrogen-bond donors (Lipinski definition) is 2. The maximum Gasteiger partial charge on any atom is 0.00768 e. The van der Waals surface area contributed by atoms with Gasteiger partial charge < -0.3 is 10.6 Å². The van der Waals surface area contributed by atoms with Gasteiger partial charge >= 0.3 is 0 Å². The first kappa shape index (κ1) is 13.1. The Morgan fingerprint density at radius 2 is 1.61 bits per heavy atom. The predicted octanol–water partition coefficient (Wildman–Crippen LogP) is 2.58. The highest BCUT2D eigenvalue weighted by atomic mass is 14.9. The van der Waals surface area contributed by atoms with Crippen LogP contribution in [0.3, 0.4) is 0 Å². The topological polar surface area (TPSA) is 24.1 Å². The normalized spacial score (nSPS) is 10.9. The zero-order valence-electron chi connectivity index (χ0n) is 11.1. The van der Waals surface area contributed by atoms with Gasteiger partial charge in [-0.05, 0) is 35.8 Å². The number of nitrogens with one attached hydrogen (secondary N) is 2. The molecule has 2 N–H and O–H groups in total. The molecule has 0 heterocycles. The van der Waals surface area contributed by atoms with Gasteiger partial charge in [0.2, 0.25) is 0 Å². The molecule has 2 rings (SSSR count). The van der Waals surface area contributed by atoms with Gasteiger partial charge in [-0.3, -0.25) is 0 Å². The molecule has 96 valence electrons. The van der Waals surface area contributed by atoms with E-state index in [1.165, 1.54) is 16.3 Å². The van der Waals surface area contributed by atoms with Gasteiger partial charge in [0.25, 0.3) is 0 Å². The van der Waals surface area contributed by atoms with E-state index in [0.717, 1.165) is 32.6 Å². The Balaban J connectivity index is 1.88. The summed E-state index contributed by atoms with van der Waals surface area (Å²) in [5, 5.41) is 9.50. The molecule has 2 nitrogen and oxygen atoms in total. The van der Waals surface area contributed by atoms with Crippen LogP contribution in [-0.4, -0.2) is 26.2 Å². The third-order valence-electron chi connectivity index (χ3n) is 3.18. The Bertz CT molecular complexity index is 474. The van der Waals surface area contributed by atoms with E-state index in [2.05, 4.69) is 60.0 Å². The summed E-state index contributed by atoms with van der Waals surface area (Å²) in [6.07, 6.45) is 1.09. The Kier molecular flexibility index (Phi) is 5.18. The summed E-state index contributed by atoms with van der Waals surface area (Å²) in [6.45, 7) is 6.31. The van der Waals surface area contributed by atoms with Gasteiger partial charge in [0.05, 0.1) is 0 Å². The molecule has 0 saturated heterocycles. The van der Waals surface area contributed by atoms with E-state index >= 15 is 0 Å². The van der Waals surface area contributed by atoms with Crippen molar-refractivity contribution in [2.24, 2.45) is 0 Å². The molecule has 0 fully saturated rings. The second-order valence-corrected chi connectivity index (χ2v) is 4.49. The van der Waals surface area contributed by atoms with E-state index in [4.69, 9.17) is 0 Å². The Hall–Kier alpha value is -1.38. The summed E-state index contributed by atoms with van der Waals surface area (Å²) < 4.78 is 0. The monoisotopic (exact) mass is 242 g/mol. The molecule has 18 heavy (non-hydrogen) atoms. The van der Waals surface area contributed by atoms with Crippen LogP contribution >= 0.6 is 0 Å². The average Bonchev–Trinajstić information content (AvgIpc) is 2.43. The summed E-state index contributed by atoms with van der Waals surface area (Å²) in [5.74, 6) is 0. The quantitative estimate of drug-likeness (QED) is 0.729. The molecule has 2 aromatic carbocycles. The SMILES string of the molecule is CCNCCNCCc1cccc2ccccc12. The lowest BCUT2D eigenvalue weighted by molar-refractivity contribution is 0.625. The van der Waals surface area contributed by atoms with Gasteiger partial charge in [-0.25, -0.2) is 0 Å². The van der Waals surface area contributed by atoms with Gasteiger partial charge in [0.1, 0.15) is 0 Å². The minimum atomic E-state index is 1.04. The standard InChI is InChI=1S/C16H22N2/c1-2-17-12-13-18-11-10-15-8-5-7-14-6-3-4-9-16(14)15/h3-9,17-18H,2,10-13H2,1H3. The Labute approximate surface area is 109 Å². The number of fused-ring (bicyclic) bond motifs is 1. The highest BCUT2D eigenvalue weighted by Gasteiger charge is 1.99. The van der Waals surface area contributed by atoms with E-state index in [9.17, 15) is 0 Å². The number of hydrogen-bond acceptors (Lipinski definition) is 2. The maximum absolute atomic E-state index is 3.47. The van der Waals surface area contributed by atoms with Crippen LogP contribution in [0.25, 0.3) is 10.8 Å². The summed E-state index contributed by atoms with van der Waals surface area (Å²) in [6, 6.07) is 15.2. The van der Waals surface area contributed by atoms with E-state index in [1.54, 1.807) is 0 Å². The summed E-state index contributed by atoms with van der Waals surface area (Å²) in [7, 11) is 0. The molecule has 0 aromatic heterocycles. The lowest BCUT2D eigenvalue weighted by Crippen LogP contribution is -2.28. The molecule has 0 unspecified atom stereocenters. The van der Waals surface area contributed by atoms with Gasteiger partial charge in [0.15, 0.2) is 0 Å². The first-order valence-corrected chi connectivity index (χ1v) is 6.80. The highest BCUT2D eigenvalue weighted by molar-refractivity contribution is 5.85. The van der Waals surface area contributed by atoms with Crippen LogP contribution in [-0.2, 0) is 6.42 Å². The molecule has 2 heteroatoms. The van der Waals surface area contributed by atoms with Crippen LogP contribution in [0.4, 0.5) is 0 Å². The molecule has 0 radical (unpaired) electrons. The maximum atomic E-state index is 3.47. The van der Waals surface area contributed by atoms with Crippen molar-refractivity contribution in [3.63, 3.8) is 0 Å². The largest absolute Gasteiger partial charge is 0.316 e. The fourth-order valence-corrected chi connectivity index (χ4v) is 2.21. The lowest BCUT2D eigenvalue weighted by Gasteiger charge is -2.08. The molecule has 0 atom stereocenters. The van der Waals surface area contributed by atoms with E-state index in [0.29, 0.717) is 0 Å². The number of rotatable bonds is 7. The van der Waals surface area contributed by atoms with Crippen LogP contribution in [0, 0.1) is 0 Å². The molecule has 0 aliphatic rings. The van der Waals surface area contributed by atoms with Gasteiger partial charge in [-0.1, -0.05) is 49.4 Å². The van der Waals surface area contributed by atoms with Crippen molar-refractivity contribution in [3.05, 3.63) is 48.0 Å². The van der Waals surface area contributed by atoms with Gasteiger partial charge in [-0.2, -0.15) is 0 Å². The smallest absolute Gasteiger partial charge is 0.00768 e. The third-order valence-corrected chi connectivity index (χ3v) is 3.18. The van der Waals surface area contributed by atoms with E-state index in [-0.39, 0.29) is 0 Å². The fraction of sp³-hybridized carbons (Fsp3) is 0.375. The second kappa shape index (κ2) is 7.14. The van der Waals surface area contributed by atoms with Crippen LogP contribution in [0.5, 0.6) is 0 Å². The number of benzene rings is 2. The van der Waals surface area contributed by atoms with E-state index < -0.39 is 0 Å². The summed E-state index contributed by atoms with van der Waals surface area (Å²) >= 11 is 0. The molecule has 0 aliphatic heterocycles.